The minimum absolute atomic E-state index is 0.0705. The Hall–Kier alpha value is -3.65. The Labute approximate surface area is 243 Å². The predicted molar refractivity (Wildman–Crippen MR) is 164 cm³/mol. The van der Waals surface area contributed by atoms with Crippen LogP contribution in [-0.4, -0.2) is 81.8 Å². The second kappa shape index (κ2) is 10.3. The molecule has 1 aliphatic carbocycles. The van der Waals surface area contributed by atoms with E-state index >= 15 is 0 Å². The van der Waals surface area contributed by atoms with Gasteiger partial charge in [-0.3, -0.25) is 9.69 Å². The van der Waals surface area contributed by atoms with Gasteiger partial charge in [-0.05, 0) is 76.4 Å². The van der Waals surface area contributed by atoms with Crippen molar-refractivity contribution in [2.45, 2.75) is 70.5 Å². The van der Waals surface area contributed by atoms with Gasteiger partial charge in [0.2, 0.25) is 5.82 Å². The molecule has 0 N–H and O–H groups in total. The molecule has 4 heterocycles. The fraction of sp³-hybridized carbons (Fsp3) is 0.485. The summed E-state index contributed by atoms with van der Waals surface area (Å²) >= 11 is 0. The molecular weight excluding hydrogens is 510 g/mol. The van der Waals surface area contributed by atoms with Crippen molar-refractivity contribution in [1.29, 1.82) is 0 Å². The number of amides is 1. The van der Waals surface area contributed by atoms with Gasteiger partial charge >= 0.3 is 0 Å². The van der Waals surface area contributed by atoms with Crippen LogP contribution in [0.15, 0.2) is 54.7 Å². The zero-order valence-electron chi connectivity index (χ0n) is 24.6. The molecule has 41 heavy (non-hydrogen) atoms. The van der Waals surface area contributed by atoms with Crippen LogP contribution in [-0.2, 0) is 0 Å². The van der Waals surface area contributed by atoms with Gasteiger partial charge in [-0.25, -0.2) is 9.67 Å². The largest absolute Gasteiger partial charge is 0.359 e. The highest BCUT2D eigenvalue weighted by molar-refractivity contribution is 5.91. The van der Waals surface area contributed by atoms with Gasteiger partial charge in [-0.15, -0.1) is 5.10 Å². The Morgan fingerprint density at radius 3 is 2.46 bits per heavy atom. The minimum Gasteiger partial charge on any atom is -0.359 e. The molecule has 8 nitrogen and oxygen atoms in total. The van der Waals surface area contributed by atoms with Crippen molar-refractivity contribution in [3.05, 3.63) is 66.1 Å². The van der Waals surface area contributed by atoms with E-state index in [1.165, 1.54) is 43.4 Å². The number of hydrogen-bond donors (Lipinski definition) is 0. The summed E-state index contributed by atoms with van der Waals surface area (Å²) in [7, 11) is 2.11. The first-order valence-corrected chi connectivity index (χ1v) is 15.3. The van der Waals surface area contributed by atoms with Gasteiger partial charge in [-0.2, -0.15) is 0 Å². The first-order valence-electron chi connectivity index (χ1n) is 15.3. The predicted octanol–water partition coefficient (Wildman–Crippen LogP) is 5.26. The van der Waals surface area contributed by atoms with Crippen LogP contribution in [0.3, 0.4) is 0 Å². The SMILES string of the molecule is C=C1[C@@H](C)N(C2CCCC2)c2cc(-c3nc(C(=O)N4CCN5CCCC5C4)nn3-c3ccc(C)cc3)ccc2N1C. The van der Waals surface area contributed by atoms with Crippen LogP contribution in [0.1, 0.15) is 61.6 Å². The number of fused-ring (bicyclic) bond motifs is 2. The van der Waals surface area contributed by atoms with E-state index in [2.05, 4.69) is 84.6 Å². The number of benzene rings is 2. The molecule has 8 heteroatoms. The summed E-state index contributed by atoms with van der Waals surface area (Å²) in [5.41, 5.74) is 6.54. The van der Waals surface area contributed by atoms with Gasteiger partial charge in [0, 0.05) is 50.0 Å². The van der Waals surface area contributed by atoms with Crippen LogP contribution in [0, 0.1) is 6.92 Å². The molecular formula is C33H41N7O. The van der Waals surface area contributed by atoms with Crippen LogP contribution in [0.4, 0.5) is 11.4 Å². The zero-order valence-corrected chi connectivity index (χ0v) is 24.6. The Balaban J connectivity index is 1.30. The van der Waals surface area contributed by atoms with Crippen LogP contribution in [0.25, 0.3) is 17.1 Å². The van der Waals surface area contributed by atoms with E-state index in [1.807, 2.05) is 9.58 Å². The number of aryl methyl sites for hydroxylation is 1. The molecule has 7 rings (SSSR count). The Kier molecular flexibility index (Phi) is 6.61. The molecule has 1 saturated carbocycles. The van der Waals surface area contributed by atoms with Crippen molar-refractivity contribution >= 4 is 17.3 Å². The van der Waals surface area contributed by atoms with Gasteiger partial charge in [0.05, 0.1) is 23.1 Å². The van der Waals surface area contributed by atoms with Crippen LogP contribution in [0.5, 0.6) is 0 Å². The quantitative estimate of drug-likeness (QED) is 0.441. The summed E-state index contributed by atoms with van der Waals surface area (Å²) in [6.45, 7) is 12.4. The average molecular weight is 552 g/mol. The lowest BCUT2D eigenvalue weighted by atomic mass is 9.99. The van der Waals surface area contributed by atoms with E-state index in [-0.39, 0.29) is 17.8 Å². The maximum absolute atomic E-state index is 13.8. The molecule has 1 unspecified atom stereocenters. The summed E-state index contributed by atoms with van der Waals surface area (Å²) in [6.07, 6.45) is 7.33. The molecule has 3 fully saturated rings. The molecule has 3 aromatic rings. The summed E-state index contributed by atoms with van der Waals surface area (Å²) < 4.78 is 1.86. The zero-order chi connectivity index (χ0) is 28.2. The van der Waals surface area contributed by atoms with E-state index in [4.69, 9.17) is 10.1 Å². The Morgan fingerprint density at radius 2 is 1.68 bits per heavy atom. The fourth-order valence-electron chi connectivity index (χ4n) is 7.42. The van der Waals surface area contributed by atoms with Gasteiger partial charge in [-0.1, -0.05) is 37.1 Å². The number of likely N-dealkylation sites (N-methyl/N-ethyl adjacent to an activating group) is 1. The van der Waals surface area contributed by atoms with E-state index in [1.54, 1.807) is 0 Å². The molecule has 2 aromatic carbocycles. The van der Waals surface area contributed by atoms with Crippen molar-refractivity contribution < 1.29 is 4.79 Å². The second-order valence-electron chi connectivity index (χ2n) is 12.4. The topological polar surface area (TPSA) is 60.7 Å². The van der Waals surface area contributed by atoms with Crippen molar-refractivity contribution in [1.82, 2.24) is 24.6 Å². The van der Waals surface area contributed by atoms with Crippen LogP contribution in [0.2, 0.25) is 0 Å². The summed E-state index contributed by atoms with van der Waals surface area (Å²) in [6, 6.07) is 16.0. The van der Waals surface area contributed by atoms with Crippen LogP contribution >= 0.6 is 0 Å². The third kappa shape index (κ3) is 4.53. The summed E-state index contributed by atoms with van der Waals surface area (Å²) in [4.78, 5) is 28.0. The molecule has 0 radical (unpaired) electrons. The number of piperazine rings is 1. The highest BCUT2D eigenvalue weighted by Crippen LogP contribution is 2.44. The van der Waals surface area contributed by atoms with Crippen molar-refractivity contribution in [2.24, 2.45) is 0 Å². The van der Waals surface area contributed by atoms with E-state index in [9.17, 15) is 4.79 Å². The van der Waals surface area contributed by atoms with E-state index in [0.29, 0.717) is 17.9 Å². The molecule has 2 saturated heterocycles. The number of rotatable bonds is 4. The Bertz CT molecular complexity index is 1470. The average Bonchev–Trinajstić information content (AvgIpc) is 3.77. The lowest BCUT2D eigenvalue weighted by Gasteiger charge is -2.46. The highest BCUT2D eigenvalue weighted by Gasteiger charge is 2.37. The maximum Gasteiger partial charge on any atom is 0.293 e. The second-order valence-corrected chi connectivity index (χ2v) is 12.4. The van der Waals surface area contributed by atoms with Gasteiger partial charge < -0.3 is 14.7 Å². The van der Waals surface area contributed by atoms with Crippen molar-refractivity contribution in [2.75, 3.05) is 43.0 Å². The molecule has 0 bridgehead atoms. The summed E-state index contributed by atoms with van der Waals surface area (Å²) in [5, 5.41) is 4.86. The molecule has 2 atom stereocenters. The lowest BCUT2D eigenvalue weighted by molar-refractivity contribution is 0.0560. The molecule has 1 amide bonds. The third-order valence-corrected chi connectivity index (χ3v) is 9.87. The third-order valence-electron chi connectivity index (χ3n) is 9.87. The number of anilines is 2. The molecule has 214 valence electrons. The number of aromatic nitrogens is 3. The monoisotopic (exact) mass is 551 g/mol. The summed E-state index contributed by atoms with van der Waals surface area (Å²) in [5.74, 6) is 0.903. The van der Waals surface area contributed by atoms with Crippen molar-refractivity contribution in [3.63, 3.8) is 0 Å². The first-order chi connectivity index (χ1) is 19.9. The normalized spacial score (nSPS) is 23.3. The number of carbonyl (C=O) groups is 1. The number of hydrogen-bond acceptors (Lipinski definition) is 6. The van der Waals surface area contributed by atoms with E-state index in [0.717, 1.165) is 55.2 Å². The fourth-order valence-corrected chi connectivity index (χ4v) is 7.42. The maximum atomic E-state index is 13.8. The standard InChI is InChI=1S/C33H41N7O/c1-22-11-14-27(15-12-22)40-32(34-31(35-40)33(41)38-19-18-37-17-7-10-28(37)21-38)25-13-16-29-30(20-25)39(26-8-5-6-9-26)24(3)23(2)36(29)4/h11-16,20,24,26,28H,2,5-10,17-19,21H2,1,3-4H3/t24-,28?/m1/s1. The highest BCUT2D eigenvalue weighted by atomic mass is 16.2. The number of carbonyl (C=O) groups excluding carboxylic acids is 1. The van der Waals surface area contributed by atoms with Gasteiger partial charge in [0.15, 0.2) is 5.82 Å². The molecule has 0 spiro atoms. The smallest absolute Gasteiger partial charge is 0.293 e. The van der Waals surface area contributed by atoms with E-state index < -0.39 is 0 Å². The van der Waals surface area contributed by atoms with Gasteiger partial charge in [0.1, 0.15) is 0 Å². The Morgan fingerprint density at radius 1 is 0.927 bits per heavy atom. The first kappa shape index (κ1) is 26.3. The van der Waals surface area contributed by atoms with Crippen LogP contribution < -0.4 is 9.80 Å². The molecule has 4 aliphatic rings. The molecule has 3 aliphatic heterocycles. The lowest BCUT2D eigenvalue weighted by Crippen LogP contribution is -2.52. The van der Waals surface area contributed by atoms with Gasteiger partial charge in [0.25, 0.3) is 5.91 Å². The number of nitrogens with zero attached hydrogens (tertiary/aromatic N) is 7. The van der Waals surface area contributed by atoms with Crippen molar-refractivity contribution in [3.8, 4) is 17.1 Å². The minimum atomic E-state index is -0.0705. The molecule has 1 aromatic heterocycles.